The van der Waals surface area contributed by atoms with E-state index in [1.54, 1.807) is 12.1 Å². The Morgan fingerprint density at radius 2 is 1.97 bits per heavy atom. The summed E-state index contributed by atoms with van der Waals surface area (Å²) in [6, 6.07) is 8.75. The molecule has 4 rings (SSSR count). The first kappa shape index (κ1) is 20.9. The van der Waals surface area contributed by atoms with Gasteiger partial charge < -0.3 is 9.84 Å². The third-order valence-electron chi connectivity index (χ3n) is 5.66. The Kier molecular flexibility index (Phi) is 5.41. The van der Waals surface area contributed by atoms with E-state index in [1.165, 1.54) is 36.3 Å². The summed E-state index contributed by atoms with van der Waals surface area (Å²) in [5, 5.41) is 21.8. The van der Waals surface area contributed by atoms with Crippen LogP contribution >= 0.6 is 11.6 Å². The standard InChI is InChI=1S/C22H19ClN2O6/c1-31-20-9-12(5-8-18(20)26)14-11-21(28)24(16-3-2-4-19(27)22(14)16)17-10-13(23)6-7-15(17)25(29)30/h5-10,14,26H,2-4,11H2,1H3. The highest BCUT2D eigenvalue weighted by Gasteiger charge is 2.41. The molecular weight excluding hydrogens is 424 g/mol. The van der Waals surface area contributed by atoms with E-state index in [9.17, 15) is 24.8 Å². The van der Waals surface area contributed by atoms with Gasteiger partial charge in [0.05, 0.1) is 12.0 Å². The van der Waals surface area contributed by atoms with Gasteiger partial charge in [0.2, 0.25) is 5.91 Å². The van der Waals surface area contributed by atoms with Gasteiger partial charge in [0.15, 0.2) is 17.3 Å². The molecule has 0 saturated heterocycles. The van der Waals surface area contributed by atoms with Crippen LogP contribution in [-0.2, 0) is 9.59 Å². The molecule has 0 radical (unpaired) electrons. The Bertz CT molecular complexity index is 1140. The zero-order valence-electron chi connectivity index (χ0n) is 16.6. The number of nitro benzene ring substituents is 1. The van der Waals surface area contributed by atoms with Crippen molar-refractivity contribution in [3.8, 4) is 11.5 Å². The first-order valence-corrected chi connectivity index (χ1v) is 10.1. The lowest BCUT2D eigenvalue weighted by atomic mass is 9.77. The molecule has 1 aliphatic heterocycles. The van der Waals surface area contributed by atoms with Crippen LogP contribution in [0.15, 0.2) is 47.7 Å². The lowest BCUT2D eigenvalue weighted by Crippen LogP contribution is -2.40. The molecule has 2 aliphatic rings. The van der Waals surface area contributed by atoms with Crippen molar-refractivity contribution < 1.29 is 24.4 Å². The van der Waals surface area contributed by atoms with Crippen molar-refractivity contribution in [1.82, 2.24) is 0 Å². The summed E-state index contributed by atoms with van der Waals surface area (Å²) in [5.74, 6) is -0.798. The van der Waals surface area contributed by atoms with Gasteiger partial charge >= 0.3 is 0 Å². The highest BCUT2D eigenvalue weighted by Crippen LogP contribution is 2.46. The van der Waals surface area contributed by atoms with Crippen LogP contribution in [0, 0.1) is 10.1 Å². The SMILES string of the molecule is COc1cc(C2CC(=O)N(c3cc(Cl)ccc3[N+](=O)[O-])C3=C2C(=O)CCC3)ccc1O. The van der Waals surface area contributed by atoms with E-state index in [-0.39, 0.29) is 46.0 Å². The van der Waals surface area contributed by atoms with Gasteiger partial charge in [-0.3, -0.25) is 24.6 Å². The number of nitrogens with zero attached hydrogens (tertiary/aromatic N) is 2. The smallest absolute Gasteiger partial charge is 0.293 e. The molecule has 1 heterocycles. The van der Waals surface area contributed by atoms with E-state index in [0.29, 0.717) is 36.1 Å². The molecule has 0 saturated carbocycles. The van der Waals surface area contributed by atoms with Crippen molar-refractivity contribution in [1.29, 1.82) is 0 Å². The number of amides is 1. The lowest BCUT2D eigenvalue weighted by molar-refractivity contribution is -0.384. The topological polar surface area (TPSA) is 110 Å². The third-order valence-corrected chi connectivity index (χ3v) is 5.89. The lowest BCUT2D eigenvalue weighted by Gasteiger charge is -2.38. The molecule has 0 bridgehead atoms. The molecule has 0 spiro atoms. The zero-order valence-corrected chi connectivity index (χ0v) is 17.4. The van der Waals surface area contributed by atoms with Gasteiger partial charge in [-0.2, -0.15) is 0 Å². The van der Waals surface area contributed by atoms with Crippen LogP contribution in [-0.4, -0.2) is 28.8 Å². The summed E-state index contributed by atoms with van der Waals surface area (Å²) in [6.07, 6.45) is 1.26. The highest BCUT2D eigenvalue weighted by molar-refractivity contribution is 6.31. The fraction of sp³-hybridized carbons (Fsp3) is 0.273. The fourth-order valence-electron chi connectivity index (χ4n) is 4.30. The Morgan fingerprint density at radius 1 is 1.19 bits per heavy atom. The van der Waals surface area contributed by atoms with Gasteiger partial charge in [-0.05, 0) is 42.7 Å². The molecule has 1 aliphatic carbocycles. The first-order valence-electron chi connectivity index (χ1n) is 9.72. The highest BCUT2D eigenvalue weighted by atomic mass is 35.5. The summed E-state index contributed by atoms with van der Waals surface area (Å²) in [4.78, 5) is 38.6. The number of hydrogen-bond donors (Lipinski definition) is 1. The Morgan fingerprint density at radius 3 is 2.68 bits per heavy atom. The third kappa shape index (κ3) is 3.63. The van der Waals surface area contributed by atoms with Crippen LogP contribution in [0.3, 0.4) is 0 Å². The number of Topliss-reactive ketones (excluding diaryl/α,β-unsaturated/α-hetero) is 1. The minimum Gasteiger partial charge on any atom is -0.504 e. The molecule has 31 heavy (non-hydrogen) atoms. The predicted molar refractivity (Wildman–Crippen MR) is 113 cm³/mol. The number of hydrogen-bond acceptors (Lipinski definition) is 6. The maximum Gasteiger partial charge on any atom is 0.293 e. The average molecular weight is 443 g/mol. The molecule has 1 amide bonds. The van der Waals surface area contributed by atoms with Gasteiger partial charge in [-0.1, -0.05) is 17.7 Å². The van der Waals surface area contributed by atoms with E-state index in [4.69, 9.17) is 16.3 Å². The molecule has 1 N–H and O–H groups in total. The molecule has 9 heteroatoms. The van der Waals surface area contributed by atoms with Gasteiger partial charge in [-0.25, -0.2) is 0 Å². The van der Waals surface area contributed by atoms with Crippen LogP contribution in [0.2, 0.25) is 5.02 Å². The summed E-state index contributed by atoms with van der Waals surface area (Å²) in [6.45, 7) is 0. The summed E-state index contributed by atoms with van der Waals surface area (Å²) in [7, 11) is 1.42. The Labute approximate surface area is 182 Å². The van der Waals surface area contributed by atoms with Crippen molar-refractivity contribution in [3.63, 3.8) is 0 Å². The molecule has 8 nitrogen and oxygen atoms in total. The summed E-state index contributed by atoms with van der Waals surface area (Å²) < 4.78 is 5.18. The normalized spacial score (nSPS) is 18.8. The van der Waals surface area contributed by atoms with E-state index < -0.39 is 10.8 Å². The monoisotopic (exact) mass is 442 g/mol. The summed E-state index contributed by atoms with van der Waals surface area (Å²) in [5.41, 5.74) is 1.40. The van der Waals surface area contributed by atoms with E-state index in [2.05, 4.69) is 0 Å². The number of nitro groups is 1. The second-order valence-corrected chi connectivity index (χ2v) is 7.88. The van der Waals surface area contributed by atoms with Crippen LogP contribution in [0.25, 0.3) is 0 Å². The van der Waals surface area contributed by atoms with Crippen LogP contribution in [0.4, 0.5) is 11.4 Å². The molecule has 160 valence electrons. The van der Waals surface area contributed by atoms with Crippen molar-refractivity contribution in [3.05, 3.63) is 68.4 Å². The number of halogens is 1. The quantitative estimate of drug-likeness (QED) is 0.551. The number of carbonyl (C=O) groups excluding carboxylic acids is 2. The van der Waals surface area contributed by atoms with Crippen LogP contribution in [0.5, 0.6) is 11.5 Å². The number of rotatable bonds is 4. The summed E-state index contributed by atoms with van der Waals surface area (Å²) >= 11 is 6.08. The van der Waals surface area contributed by atoms with Crippen LogP contribution < -0.4 is 9.64 Å². The zero-order chi connectivity index (χ0) is 22.3. The molecule has 0 fully saturated rings. The molecule has 1 atom stereocenters. The van der Waals surface area contributed by atoms with E-state index in [0.717, 1.165) is 0 Å². The number of phenols is 1. The second-order valence-electron chi connectivity index (χ2n) is 7.44. The van der Waals surface area contributed by atoms with Crippen LogP contribution in [0.1, 0.15) is 37.2 Å². The molecule has 0 aromatic heterocycles. The van der Waals surface area contributed by atoms with E-state index >= 15 is 0 Å². The van der Waals surface area contributed by atoms with E-state index in [1.807, 2.05) is 0 Å². The largest absolute Gasteiger partial charge is 0.504 e. The number of aromatic hydroxyl groups is 1. The number of phenolic OH excluding ortho intramolecular Hbond substituents is 1. The molecular formula is C22H19ClN2O6. The van der Waals surface area contributed by atoms with Crippen molar-refractivity contribution in [2.24, 2.45) is 0 Å². The number of anilines is 1. The van der Waals surface area contributed by atoms with Crippen molar-refractivity contribution in [2.75, 3.05) is 12.0 Å². The minimum absolute atomic E-state index is 0.0475. The van der Waals surface area contributed by atoms with Gasteiger partial charge in [0.25, 0.3) is 5.69 Å². The van der Waals surface area contributed by atoms with Crippen molar-refractivity contribution in [2.45, 2.75) is 31.6 Å². The molecule has 1 unspecified atom stereocenters. The van der Waals surface area contributed by atoms with Gasteiger partial charge in [0.1, 0.15) is 5.69 Å². The molecule has 2 aromatic carbocycles. The number of benzene rings is 2. The minimum atomic E-state index is -0.569. The maximum absolute atomic E-state index is 13.3. The predicted octanol–water partition coefficient (Wildman–Crippen LogP) is 4.49. The Balaban J connectivity index is 1.91. The Hall–Kier alpha value is -3.39. The number of methoxy groups -OCH3 is 1. The molecule has 2 aromatic rings. The fourth-order valence-corrected chi connectivity index (χ4v) is 4.46. The maximum atomic E-state index is 13.3. The average Bonchev–Trinajstić information content (AvgIpc) is 2.73. The number of ketones is 1. The number of ether oxygens (including phenoxy) is 1. The van der Waals surface area contributed by atoms with Gasteiger partial charge in [0, 0.05) is 41.1 Å². The van der Waals surface area contributed by atoms with Gasteiger partial charge in [-0.15, -0.1) is 0 Å². The van der Waals surface area contributed by atoms with Crippen molar-refractivity contribution >= 4 is 34.7 Å². The number of allylic oxidation sites excluding steroid dienone is 2. The second kappa shape index (κ2) is 8.03. The first-order chi connectivity index (χ1) is 14.8. The number of carbonyl (C=O) groups is 2.